The summed E-state index contributed by atoms with van der Waals surface area (Å²) in [7, 11) is 0. The first-order valence-electron chi connectivity index (χ1n) is 5.72. The number of hydrogen-bond acceptors (Lipinski definition) is 1. The zero-order valence-corrected chi connectivity index (χ0v) is 9.82. The highest BCUT2D eigenvalue weighted by Crippen LogP contribution is 2.44. The predicted molar refractivity (Wildman–Crippen MR) is 67.7 cm³/mol. The molecule has 1 nitrogen and oxygen atoms in total. The zero-order chi connectivity index (χ0) is 12.8. The number of alkyl halides is 2. The molecule has 0 bridgehead atoms. The Morgan fingerprint density at radius 2 is 1.61 bits per heavy atom. The molecule has 0 aromatic heterocycles. The Morgan fingerprint density at radius 1 is 0.944 bits per heavy atom. The first-order chi connectivity index (χ1) is 8.59. The Balaban J connectivity index is 2.13. The third kappa shape index (κ3) is 1.55. The summed E-state index contributed by atoms with van der Waals surface area (Å²) >= 11 is 0. The highest BCUT2D eigenvalue weighted by molar-refractivity contribution is 6.10. The maximum absolute atomic E-state index is 14.3. The Morgan fingerprint density at radius 3 is 2.28 bits per heavy atom. The maximum atomic E-state index is 14.3. The first-order valence-corrected chi connectivity index (χ1v) is 5.72. The van der Waals surface area contributed by atoms with Crippen LogP contribution < -0.4 is 0 Å². The Labute approximate surface area is 104 Å². The van der Waals surface area contributed by atoms with Gasteiger partial charge in [-0.15, -0.1) is 0 Å². The number of aliphatic imine (C=N–C) groups is 1. The number of fused-ring (bicyclic) bond motifs is 1. The molecule has 0 aliphatic carbocycles. The van der Waals surface area contributed by atoms with Crippen molar-refractivity contribution in [1.82, 2.24) is 0 Å². The molecule has 1 heterocycles. The van der Waals surface area contributed by atoms with Gasteiger partial charge >= 0.3 is 5.92 Å². The minimum atomic E-state index is -3.01. The third-order valence-electron chi connectivity index (χ3n) is 3.10. The van der Waals surface area contributed by atoms with Crippen LogP contribution in [0.5, 0.6) is 0 Å². The summed E-state index contributed by atoms with van der Waals surface area (Å²) < 4.78 is 28.5. The highest BCUT2D eigenvalue weighted by Gasteiger charge is 2.44. The number of nitrogens with zero attached hydrogens (tertiary/aromatic N) is 1. The van der Waals surface area contributed by atoms with E-state index in [2.05, 4.69) is 4.99 Å². The molecule has 3 rings (SSSR count). The van der Waals surface area contributed by atoms with Crippen LogP contribution in [0, 0.1) is 6.92 Å². The van der Waals surface area contributed by atoms with Gasteiger partial charge in [-0.05, 0) is 13.0 Å². The SMILES string of the molecule is Cc1ccc(C2=Nc3ccccc3C2(F)F)cc1. The van der Waals surface area contributed by atoms with E-state index in [-0.39, 0.29) is 11.3 Å². The summed E-state index contributed by atoms with van der Waals surface area (Å²) in [5.41, 5.74) is 1.70. The van der Waals surface area contributed by atoms with Crippen molar-refractivity contribution in [2.24, 2.45) is 4.99 Å². The fourth-order valence-electron chi connectivity index (χ4n) is 2.11. The molecule has 0 fully saturated rings. The lowest BCUT2D eigenvalue weighted by atomic mass is 9.99. The molecule has 0 atom stereocenters. The van der Waals surface area contributed by atoms with Gasteiger partial charge in [0.2, 0.25) is 0 Å². The van der Waals surface area contributed by atoms with E-state index in [1.165, 1.54) is 6.07 Å². The van der Waals surface area contributed by atoms with Crippen LogP contribution in [-0.4, -0.2) is 5.71 Å². The summed E-state index contributed by atoms with van der Waals surface area (Å²) in [4.78, 5) is 4.07. The van der Waals surface area contributed by atoms with Crippen LogP contribution in [0.3, 0.4) is 0 Å². The van der Waals surface area contributed by atoms with E-state index < -0.39 is 5.92 Å². The van der Waals surface area contributed by atoms with E-state index in [0.29, 0.717) is 11.3 Å². The second-order valence-corrected chi connectivity index (χ2v) is 4.42. The van der Waals surface area contributed by atoms with Gasteiger partial charge in [0.05, 0.1) is 11.3 Å². The van der Waals surface area contributed by atoms with E-state index in [4.69, 9.17) is 0 Å². The third-order valence-corrected chi connectivity index (χ3v) is 3.10. The van der Waals surface area contributed by atoms with Gasteiger partial charge in [0.25, 0.3) is 0 Å². The molecule has 0 unspecified atom stereocenters. The minimum Gasteiger partial charge on any atom is -0.246 e. The first kappa shape index (κ1) is 11.1. The highest BCUT2D eigenvalue weighted by atomic mass is 19.3. The topological polar surface area (TPSA) is 12.4 Å². The fourth-order valence-corrected chi connectivity index (χ4v) is 2.11. The molecule has 2 aromatic carbocycles. The normalized spacial score (nSPS) is 16.3. The van der Waals surface area contributed by atoms with Crippen LogP contribution in [0.4, 0.5) is 14.5 Å². The van der Waals surface area contributed by atoms with Crippen molar-refractivity contribution >= 4 is 11.4 Å². The zero-order valence-electron chi connectivity index (χ0n) is 9.82. The maximum Gasteiger partial charge on any atom is 0.317 e. The molecule has 1 aliphatic heterocycles. The van der Waals surface area contributed by atoms with E-state index in [0.717, 1.165) is 5.56 Å². The van der Waals surface area contributed by atoms with E-state index >= 15 is 0 Å². The Hall–Kier alpha value is -2.03. The van der Waals surface area contributed by atoms with Crippen molar-refractivity contribution < 1.29 is 8.78 Å². The summed E-state index contributed by atoms with van der Waals surface area (Å²) in [6.07, 6.45) is 0. The van der Waals surface area contributed by atoms with E-state index in [9.17, 15) is 8.78 Å². The van der Waals surface area contributed by atoms with Crippen LogP contribution in [0.2, 0.25) is 0 Å². The average molecular weight is 243 g/mol. The van der Waals surface area contributed by atoms with Gasteiger partial charge in [0.15, 0.2) is 0 Å². The number of rotatable bonds is 1. The Bertz CT molecular complexity index is 627. The number of halogens is 2. The fraction of sp³-hybridized carbons (Fsp3) is 0.133. The lowest BCUT2D eigenvalue weighted by Gasteiger charge is -2.13. The largest absolute Gasteiger partial charge is 0.317 e. The molecular formula is C15H11F2N. The lowest BCUT2D eigenvalue weighted by Crippen LogP contribution is -2.23. The number of aryl methyl sites for hydroxylation is 1. The molecule has 2 aromatic rings. The molecule has 3 heteroatoms. The van der Waals surface area contributed by atoms with Crippen LogP contribution >= 0.6 is 0 Å². The molecule has 0 N–H and O–H groups in total. The summed E-state index contributed by atoms with van der Waals surface area (Å²) in [6.45, 7) is 1.92. The van der Waals surface area contributed by atoms with E-state index in [1.807, 2.05) is 19.1 Å². The molecule has 1 aliphatic rings. The van der Waals surface area contributed by atoms with Crippen LogP contribution in [0.25, 0.3) is 0 Å². The molecule has 90 valence electrons. The standard InChI is InChI=1S/C15H11F2N/c1-10-6-8-11(9-7-10)14-15(16,17)12-4-2-3-5-13(12)18-14/h2-9H,1H3. The van der Waals surface area contributed by atoms with Gasteiger partial charge in [0.1, 0.15) is 5.71 Å². The van der Waals surface area contributed by atoms with Crippen LogP contribution in [-0.2, 0) is 5.92 Å². The van der Waals surface area contributed by atoms with Gasteiger partial charge < -0.3 is 0 Å². The lowest BCUT2D eigenvalue weighted by molar-refractivity contribution is 0.0810. The van der Waals surface area contributed by atoms with Crippen molar-refractivity contribution in [3.63, 3.8) is 0 Å². The average Bonchev–Trinajstić information content (AvgIpc) is 2.63. The molecule has 0 radical (unpaired) electrons. The van der Waals surface area contributed by atoms with Gasteiger partial charge in [-0.3, -0.25) is 0 Å². The summed E-state index contributed by atoms with van der Waals surface area (Å²) in [6, 6.07) is 13.4. The number of hydrogen-bond donors (Lipinski definition) is 0. The second kappa shape index (κ2) is 3.73. The van der Waals surface area contributed by atoms with Gasteiger partial charge in [-0.25, -0.2) is 4.99 Å². The molecular weight excluding hydrogens is 232 g/mol. The molecule has 0 spiro atoms. The van der Waals surface area contributed by atoms with Crippen molar-refractivity contribution in [2.45, 2.75) is 12.8 Å². The summed E-state index contributed by atoms with van der Waals surface area (Å²) in [5.74, 6) is -3.01. The quantitative estimate of drug-likeness (QED) is 0.711. The van der Waals surface area contributed by atoms with Crippen molar-refractivity contribution in [3.8, 4) is 0 Å². The van der Waals surface area contributed by atoms with Gasteiger partial charge in [-0.1, -0.05) is 48.0 Å². The summed E-state index contributed by atoms with van der Waals surface area (Å²) in [5, 5.41) is 0. The molecule has 0 saturated heterocycles. The van der Waals surface area contributed by atoms with Crippen LogP contribution in [0.1, 0.15) is 16.7 Å². The molecule has 0 saturated carbocycles. The van der Waals surface area contributed by atoms with Gasteiger partial charge in [0, 0.05) is 5.56 Å². The van der Waals surface area contributed by atoms with Crippen molar-refractivity contribution in [3.05, 3.63) is 65.2 Å². The monoisotopic (exact) mass is 243 g/mol. The molecule has 0 amide bonds. The molecule has 18 heavy (non-hydrogen) atoms. The Kier molecular flexibility index (Phi) is 2.30. The van der Waals surface area contributed by atoms with Gasteiger partial charge in [-0.2, -0.15) is 8.78 Å². The number of benzene rings is 2. The van der Waals surface area contributed by atoms with Crippen molar-refractivity contribution in [2.75, 3.05) is 0 Å². The minimum absolute atomic E-state index is 0.0134. The van der Waals surface area contributed by atoms with Crippen LogP contribution in [0.15, 0.2) is 53.5 Å². The number of para-hydroxylation sites is 1. The second-order valence-electron chi connectivity index (χ2n) is 4.42. The van der Waals surface area contributed by atoms with Crippen molar-refractivity contribution in [1.29, 1.82) is 0 Å². The van der Waals surface area contributed by atoms with E-state index in [1.54, 1.807) is 30.3 Å². The predicted octanol–water partition coefficient (Wildman–Crippen LogP) is 4.22. The smallest absolute Gasteiger partial charge is 0.246 e.